The zero-order valence-corrected chi connectivity index (χ0v) is 18.6. The zero-order chi connectivity index (χ0) is 22.0. The number of nitrogens with zero attached hydrogens (tertiary/aromatic N) is 2. The summed E-state index contributed by atoms with van der Waals surface area (Å²) in [4.78, 5) is 30.3. The minimum Gasteiger partial charge on any atom is -0.457 e. The SMILES string of the molecule is CC1=C(C(=O)OCc2ccccc2)C(c2ccc(Cl)cc2)CC(=O)N1CC1CN(C)C1. The summed E-state index contributed by atoms with van der Waals surface area (Å²) in [5.74, 6) is -0.234. The maximum Gasteiger partial charge on any atom is 0.336 e. The molecule has 1 unspecified atom stereocenters. The first-order chi connectivity index (χ1) is 14.9. The lowest BCUT2D eigenvalue weighted by Gasteiger charge is -2.42. The molecule has 6 heteroatoms. The summed E-state index contributed by atoms with van der Waals surface area (Å²) < 4.78 is 5.69. The van der Waals surface area contributed by atoms with E-state index in [2.05, 4.69) is 11.9 Å². The molecule has 31 heavy (non-hydrogen) atoms. The number of esters is 1. The second kappa shape index (κ2) is 9.25. The predicted molar refractivity (Wildman–Crippen MR) is 120 cm³/mol. The summed E-state index contributed by atoms with van der Waals surface area (Å²) in [6.45, 7) is 4.63. The Morgan fingerprint density at radius 2 is 1.77 bits per heavy atom. The lowest BCUT2D eigenvalue weighted by molar-refractivity contribution is -0.141. The number of likely N-dealkylation sites (tertiary alicyclic amines) is 1. The van der Waals surface area contributed by atoms with Crippen molar-refractivity contribution in [2.75, 3.05) is 26.7 Å². The molecule has 1 saturated heterocycles. The molecule has 0 saturated carbocycles. The highest BCUT2D eigenvalue weighted by Gasteiger charge is 2.38. The van der Waals surface area contributed by atoms with Crippen LogP contribution < -0.4 is 0 Å². The van der Waals surface area contributed by atoms with Crippen LogP contribution in [-0.2, 0) is 20.9 Å². The van der Waals surface area contributed by atoms with Gasteiger partial charge in [-0.2, -0.15) is 0 Å². The highest BCUT2D eigenvalue weighted by atomic mass is 35.5. The first kappa shape index (κ1) is 21.6. The molecule has 0 radical (unpaired) electrons. The summed E-state index contributed by atoms with van der Waals surface area (Å²) in [5, 5.41) is 0.621. The van der Waals surface area contributed by atoms with Crippen LogP contribution in [-0.4, -0.2) is 48.4 Å². The molecule has 2 aliphatic rings. The topological polar surface area (TPSA) is 49.9 Å². The van der Waals surface area contributed by atoms with Gasteiger partial charge in [-0.15, -0.1) is 0 Å². The van der Waals surface area contributed by atoms with Crippen LogP contribution in [0.25, 0.3) is 0 Å². The summed E-state index contributed by atoms with van der Waals surface area (Å²) in [5.41, 5.74) is 3.08. The maximum absolute atomic E-state index is 13.3. The van der Waals surface area contributed by atoms with Crippen molar-refractivity contribution in [3.8, 4) is 0 Å². The van der Waals surface area contributed by atoms with Gasteiger partial charge >= 0.3 is 5.97 Å². The number of benzene rings is 2. The van der Waals surface area contributed by atoms with Crippen molar-refractivity contribution in [3.63, 3.8) is 0 Å². The molecule has 2 aromatic carbocycles. The van der Waals surface area contributed by atoms with Gasteiger partial charge in [-0.25, -0.2) is 4.79 Å². The minimum absolute atomic E-state index is 0.0478. The van der Waals surface area contributed by atoms with E-state index >= 15 is 0 Å². The van der Waals surface area contributed by atoms with Crippen LogP contribution in [0.1, 0.15) is 30.4 Å². The van der Waals surface area contributed by atoms with E-state index in [1.54, 1.807) is 17.0 Å². The van der Waals surface area contributed by atoms with Crippen molar-refractivity contribution in [1.29, 1.82) is 0 Å². The van der Waals surface area contributed by atoms with E-state index in [9.17, 15) is 9.59 Å². The Balaban J connectivity index is 1.62. The van der Waals surface area contributed by atoms with Crippen LogP contribution in [0.5, 0.6) is 0 Å². The molecule has 0 aromatic heterocycles. The van der Waals surface area contributed by atoms with E-state index < -0.39 is 0 Å². The van der Waals surface area contributed by atoms with Crippen molar-refractivity contribution in [2.24, 2.45) is 5.92 Å². The fourth-order valence-electron chi connectivity index (χ4n) is 4.48. The second-order valence-electron chi connectivity index (χ2n) is 8.46. The van der Waals surface area contributed by atoms with Gasteiger partial charge in [0.05, 0.1) is 5.57 Å². The van der Waals surface area contributed by atoms with E-state index in [-0.39, 0.29) is 30.8 Å². The van der Waals surface area contributed by atoms with Crippen molar-refractivity contribution in [3.05, 3.63) is 82.0 Å². The van der Waals surface area contributed by atoms with E-state index in [0.717, 1.165) is 24.2 Å². The fraction of sp³-hybridized carbons (Fsp3) is 0.360. The van der Waals surface area contributed by atoms with Gasteiger partial charge in [-0.1, -0.05) is 54.1 Å². The van der Waals surface area contributed by atoms with Crippen LogP contribution in [0.4, 0.5) is 0 Å². The molecule has 1 fully saturated rings. The molecule has 4 rings (SSSR count). The fourth-order valence-corrected chi connectivity index (χ4v) is 4.61. The number of amides is 1. The number of carbonyl (C=O) groups is 2. The molecule has 0 spiro atoms. The number of hydrogen-bond acceptors (Lipinski definition) is 4. The van der Waals surface area contributed by atoms with Gasteiger partial charge in [0, 0.05) is 48.6 Å². The minimum atomic E-state index is -0.371. The first-order valence-corrected chi connectivity index (χ1v) is 11.0. The van der Waals surface area contributed by atoms with Gasteiger partial charge in [0.2, 0.25) is 5.91 Å². The maximum atomic E-state index is 13.3. The van der Waals surface area contributed by atoms with Gasteiger partial charge in [0.1, 0.15) is 6.61 Å². The lowest BCUT2D eigenvalue weighted by Crippen LogP contribution is -2.51. The first-order valence-electron chi connectivity index (χ1n) is 10.6. The summed E-state index contributed by atoms with van der Waals surface area (Å²) in [6, 6.07) is 17.0. The molecular weight excluding hydrogens is 412 g/mol. The van der Waals surface area contributed by atoms with Crippen LogP contribution in [0.3, 0.4) is 0 Å². The average molecular weight is 439 g/mol. The average Bonchev–Trinajstić information content (AvgIpc) is 2.74. The van der Waals surface area contributed by atoms with Crippen LogP contribution >= 0.6 is 11.6 Å². The molecule has 2 heterocycles. The lowest BCUT2D eigenvalue weighted by atomic mass is 9.83. The van der Waals surface area contributed by atoms with Gasteiger partial charge < -0.3 is 14.5 Å². The largest absolute Gasteiger partial charge is 0.457 e. The summed E-state index contributed by atoms with van der Waals surface area (Å²) in [6.07, 6.45) is 0.247. The van der Waals surface area contributed by atoms with E-state index in [1.807, 2.05) is 49.4 Å². The van der Waals surface area contributed by atoms with Gasteiger partial charge in [-0.05, 0) is 37.2 Å². The van der Waals surface area contributed by atoms with Gasteiger partial charge in [0.15, 0.2) is 0 Å². The monoisotopic (exact) mass is 438 g/mol. The van der Waals surface area contributed by atoms with Crippen LogP contribution in [0.15, 0.2) is 65.9 Å². The normalized spacial score (nSPS) is 20.0. The number of rotatable bonds is 6. The molecule has 162 valence electrons. The third kappa shape index (κ3) is 4.83. The number of halogens is 1. The number of allylic oxidation sites excluding steroid dienone is 1. The molecule has 5 nitrogen and oxygen atoms in total. The summed E-state index contributed by atoms with van der Waals surface area (Å²) in [7, 11) is 2.07. The molecule has 1 amide bonds. The molecule has 1 atom stereocenters. The van der Waals surface area contributed by atoms with Crippen molar-refractivity contribution in [2.45, 2.75) is 25.9 Å². The Morgan fingerprint density at radius 3 is 2.42 bits per heavy atom. The van der Waals surface area contributed by atoms with Crippen LogP contribution in [0, 0.1) is 5.92 Å². The molecule has 2 aromatic rings. The van der Waals surface area contributed by atoms with Crippen molar-refractivity contribution in [1.82, 2.24) is 9.80 Å². The highest BCUT2D eigenvalue weighted by Crippen LogP contribution is 2.38. The zero-order valence-electron chi connectivity index (χ0n) is 17.9. The Morgan fingerprint density at radius 1 is 1.10 bits per heavy atom. The Hall–Kier alpha value is -2.63. The van der Waals surface area contributed by atoms with Crippen molar-refractivity contribution >= 4 is 23.5 Å². The number of hydrogen-bond donors (Lipinski definition) is 0. The number of ether oxygens (including phenoxy) is 1. The smallest absolute Gasteiger partial charge is 0.336 e. The van der Waals surface area contributed by atoms with Crippen molar-refractivity contribution < 1.29 is 14.3 Å². The number of carbonyl (C=O) groups excluding carboxylic acids is 2. The van der Waals surface area contributed by atoms with Gasteiger partial charge in [-0.3, -0.25) is 4.79 Å². The van der Waals surface area contributed by atoms with E-state index in [1.165, 1.54) is 0 Å². The standard InChI is InChI=1S/C25H27ClN2O3/c1-17-24(25(30)31-16-18-6-4-3-5-7-18)22(20-8-10-21(26)11-9-20)12-23(29)28(17)15-19-13-27(2)14-19/h3-11,19,22H,12-16H2,1-2H3. The molecule has 2 aliphatic heterocycles. The Bertz CT molecular complexity index is 982. The summed E-state index contributed by atoms with van der Waals surface area (Å²) >= 11 is 6.06. The Kier molecular flexibility index (Phi) is 6.44. The second-order valence-corrected chi connectivity index (χ2v) is 8.90. The highest BCUT2D eigenvalue weighted by molar-refractivity contribution is 6.30. The van der Waals surface area contributed by atoms with Crippen LogP contribution in [0.2, 0.25) is 5.02 Å². The van der Waals surface area contributed by atoms with Gasteiger partial charge in [0.25, 0.3) is 0 Å². The molecule has 0 bridgehead atoms. The molecule has 0 aliphatic carbocycles. The van der Waals surface area contributed by atoms with E-state index in [0.29, 0.717) is 28.8 Å². The molecular formula is C25H27ClN2O3. The quantitative estimate of drug-likeness (QED) is 0.633. The van der Waals surface area contributed by atoms with E-state index in [4.69, 9.17) is 16.3 Å². The predicted octanol–water partition coefficient (Wildman–Crippen LogP) is 4.23. The third-order valence-corrected chi connectivity index (χ3v) is 6.36. The molecule has 0 N–H and O–H groups in total. The Labute approximate surface area is 188 Å². The third-order valence-electron chi connectivity index (χ3n) is 6.11.